The lowest BCUT2D eigenvalue weighted by Crippen LogP contribution is -2.55. The largest absolute Gasteiger partial charge is 0.394 e. The summed E-state index contributed by atoms with van der Waals surface area (Å²) in [4.78, 5) is 4.34. The Kier molecular flexibility index (Phi) is 4.15. The van der Waals surface area contributed by atoms with E-state index in [1.165, 1.54) is 11.8 Å². The second-order valence-corrected chi connectivity index (χ2v) is 5.81. The fourth-order valence-corrected chi connectivity index (χ4v) is 3.78. The molecule has 0 aliphatic carbocycles. The van der Waals surface area contributed by atoms with Gasteiger partial charge in [0.25, 0.3) is 0 Å². The van der Waals surface area contributed by atoms with Gasteiger partial charge in [-0.05, 0) is 6.26 Å². The summed E-state index contributed by atoms with van der Waals surface area (Å²) >= 11 is 3.12. The Morgan fingerprint density at radius 1 is 1.44 bits per heavy atom. The maximum atomic E-state index is 9.87. The highest BCUT2D eigenvalue weighted by molar-refractivity contribution is 8.16. The van der Waals surface area contributed by atoms with Crippen molar-refractivity contribution in [3.8, 4) is 0 Å². The molecule has 5 nitrogen and oxygen atoms in total. The van der Waals surface area contributed by atoms with E-state index in [0.29, 0.717) is 0 Å². The van der Waals surface area contributed by atoms with Crippen molar-refractivity contribution in [2.75, 3.05) is 18.6 Å². The highest BCUT2D eigenvalue weighted by Crippen LogP contribution is 2.36. The van der Waals surface area contributed by atoms with Gasteiger partial charge in [-0.3, -0.25) is 4.99 Å². The zero-order chi connectivity index (χ0) is 11.7. The summed E-state index contributed by atoms with van der Waals surface area (Å²) in [5, 5.41) is 29.5. The van der Waals surface area contributed by atoms with Crippen molar-refractivity contribution < 1.29 is 20.1 Å². The van der Waals surface area contributed by atoms with E-state index in [9.17, 15) is 10.2 Å². The van der Waals surface area contributed by atoms with Gasteiger partial charge in [0.2, 0.25) is 0 Å². The van der Waals surface area contributed by atoms with Crippen molar-refractivity contribution in [3.63, 3.8) is 0 Å². The van der Waals surface area contributed by atoms with Crippen LogP contribution in [0.4, 0.5) is 0 Å². The fourth-order valence-electron chi connectivity index (χ4n) is 1.83. The highest BCUT2D eigenvalue weighted by Gasteiger charge is 2.47. The second-order valence-electron chi connectivity index (χ2n) is 3.77. The molecule has 2 aliphatic rings. The standard InChI is InChI=1S/C9H15NO4S2/c1-15-3-5-10-6-8(13)7(12)4(2-11)14-9(6)16-5/h4,6-9,11-13H,2-3H2,1H3/t4-,6-,7-,8-,9-/m1/s1. The molecule has 0 aromatic rings. The van der Waals surface area contributed by atoms with Gasteiger partial charge in [0.1, 0.15) is 29.8 Å². The number of ether oxygens (including phenoxy) is 1. The van der Waals surface area contributed by atoms with Crippen molar-refractivity contribution in [3.05, 3.63) is 0 Å². The van der Waals surface area contributed by atoms with E-state index in [0.717, 1.165) is 10.8 Å². The molecule has 16 heavy (non-hydrogen) atoms. The van der Waals surface area contributed by atoms with Crippen LogP contribution in [0.3, 0.4) is 0 Å². The number of aliphatic hydroxyl groups excluding tert-OH is 3. The molecule has 0 amide bonds. The van der Waals surface area contributed by atoms with Gasteiger partial charge >= 0.3 is 0 Å². The van der Waals surface area contributed by atoms with Crippen LogP contribution >= 0.6 is 23.5 Å². The zero-order valence-corrected chi connectivity index (χ0v) is 10.4. The van der Waals surface area contributed by atoms with Gasteiger partial charge in [0.05, 0.1) is 11.7 Å². The number of thioether (sulfide) groups is 2. The Labute approximate surface area is 102 Å². The van der Waals surface area contributed by atoms with Crippen LogP contribution in [0.25, 0.3) is 0 Å². The van der Waals surface area contributed by atoms with Gasteiger partial charge in [-0.15, -0.1) is 0 Å². The summed E-state index contributed by atoms with van der Waals surface area (Å²) in [6, 6.07) is -0.412. The topological polar surface area (TPSA) is 82.3 Å². The number of aliphatic imine (C=N–C) groups is 1. The van der Waals surface area contributed by atoms with Crippen LogP contribution in [-0.2, 0) is 4.74 Å². The minimum absolute atomic E-state index is 0.280. The number of fused-ring (bicyclic) bond motifs is 1. The third-order valence-electron chi connectivity index (χ3n) is 2.66. The molecule has 92 valence electrons. The van der Waals surface area contributed by atoms with Crippen molar-refractivity contribution in [1.82, 2.24) is 0 Å². The molecule has 1 saturated heterocycles. The molecule has 7 heteroatoms. The van der Waals surface area contributed by atoms with Crippen LogP contribution < -0.4 is 0 Å². The first-order chi connectivity index (χ1) is 7.67. The van der Waals surface area contributed by atoms with Crippen LogP contribution in [0.2, 0.25) is 0 Å². The maximum Gasteiger partial charge on any atom is 0.134 e. The highest BCUT2D eigenvalue weighted by atomic mass is 32.2. The molecule has 0 radical (unpaired) electrons. The van der Waals surface area contributed by atoms with Crippen molar-refractivity contribution >= 4 is 28.6 Å². The molecule has 2 heterocycles. The minimum atomic E-state index is -1.07. The summed E-state index contributed by atoms with van der Waals surface area (Å²) in [6.45, 7) is -0.292. The van der Waals surface area contributed by atoms with Crippen LogP contribution in [-0.4, -0.2) is 68.8 Å². The van der Waals surface area contributed by atoms with Gasteiger partial charge in [-0.2, -0.15) is 11.8 Å². The van der Waals surface area contributed by atoms with Crippen molar-refractivity contribution in [2.45, 2.75) is 29.8 Å². The van der Waals surface area contributed by atoms with Gasteiger partial charge in [0.15, 0.2) is 0 Å². The molecule has 3 N–H and O–H groups in total. The zero-order valence-electron chi connectivity index (χ0n) is 8.81. The third kappa shape index (κ3) is 2.25. The van der Waals surface area contributed by atoms with Crippen molar-refractivity contribution in [1.29, 1.82) is 0 Å². The lowest BCUT2D eigenvalue weighted by atomic mass is 9.99. The number of aliphatic hydroxyl groups is 3. The Morgan fingerprint density at radius 3 is 2.81 bits per heavy atom. The molecule has 0 unspecified atom stereocenters. The molecule has 2 aliphatic heterocycles. The smallest absolute Gasteiger partial charge is 0.134 e. The Hall–Kier alpha value is 0.210. The number of hydrogen-bond donors (Lipinski definition) is 3. The van der Waals surface area contributed by atoms with E-state index < -0.39 is 24.4 Å². The summed E-state index contributed by atoms with van der Waals surface area (Å²) in [5.41, 5.74) is -0.280. The average molecular weight is 265 g/mol. The average Bonchev–Trinajstić information content (AvgIpc) is 2.67. The first-order valence-electron chi connectivity index (χ1n) is 5.02. The van der Waals surface area contributed by atoms with Gasteiger partial charge in [-0.1, -0.05) is 11.8 Å². The van der Waals surface area contributed by atoms with E-state index in [1.54, 1.807) is 11.8 Å². The van der Waals surface area contributed by atoms with Crippen LogP contribution in [0.1, 0.15) is 0 Å². The lowest BCUT2D eigenvalue weighted by molar-refractivity contribution is -0.164. The van der Waals surface area contributed by atoms with Gasteiger partial charge in [0, 0.05) is 5.75 Å². The number of nitrogens with zero attached hydrogens (tertiary/aromatic N) is 1. The van der Waals surface area contributed by atoms with Crippen LogP contribution in [0.5, 0.6) is 0 Å². The van der Waals surface area contributed by atoms with Crippen LogP contribution in [0, 0.1) is 0 Å². The quantitative estimate of drug-likeness (QED) is 0.626. The monoisotopic (exact) mass is 265 g/mol. The SMILES string of the molecule is CSCC1=N[C@@H]2[C@@H](O)[C@H](O)[C@@H](CO)O[C@@H]2S1. The first-order valence-corrected chi connectivity index (χ1v) is 7.29. The van der Waals surface area contributed by atoms with E-state index >= 15 is 0 Å². The molecule has 0 aromatic heterocycles. The maximum absolute atomic E-state index is 9.87. The first kappa shape index (κ1) is 12.7. The fraction of sp³-hybridized carbons (Fsp3) is 0.889. The Bertz CT molecular complexity index is 289. The predicted molar refractivity (Wildman–Crippen MR) is 65.0 cm³/mol. The van der Waals surface area contributed by atoms with E-state index in [-0.39, 0.29) is 12.0 Å². The predicted octanol–water partition coefficient (Wildman–Crippen LogP) is -0.698. The Balaban J connectivity index is 2.08. The molecule has 0 bridgehead atoms. The number of rotatable bonds is 3. The normalized spacial score (nSPS) is 43.0. The molecule has 2 rings (SSSR count). The summed E-state index contributed by atoms with van der Waals surface area (Å²) in [5.74, 6) is 0.785. The summed E-state index contributed by atoms with van der Waals surface area (Å²) in [7, 11) is 0. The third-order valence-corrected chi connectivity index (χ3v) is 4.55. The molecular formula is C9H15NO4S2. The van der Waals surface area contributed by atoms with E-state index in [2.05, 4.69) is 4.99 Å². The molecular weight excluding hydrogens is 250 g/mol. The minimum Gasteiger partial charge on any atom is -0.394 e. The number of hydrogen-bond acceptors (Lipinski definition) is 7. The lowest BCUT2D eigenvalue weighted by Gasteiger charge is -2.37. The molecule has 0 aromatic carbocycles. The second kappa shape index (κ2) is 5.24. The van der Waals surface area contributed by atoms with E-state index in [1.807, 2.05) is 6.26 Å². The van der Waals surface area contributed by atoms with E-state index in [4.69, 9.17) is 9.84 Å². The molecule has 0 spiro atoms. The van der Waals surface area contributed by atoms with Crippen LogP contribution in [0.15, 0.2) is 4.99 Å². The van der Waals surface area contributed by atoms with Gasteiger partial charge in [-0.25, -0.2) is 0 Å². The molecule has 5 atom stereocenters. The summed E-state index contributed by atoms with van der Waals surface area (Å²) < 4.78 is 5.50. The molecule has 1 fully saturated rings. The molecule has 0 saturated carbocycles. The van der Waals surface area contributed by atoms with Gasteiger partial charge < -0.3 is 20.1 Å². The summed E-state index contributed by atoms with van der Waals surface area (Å²) in [6.07, 6.45) is -0.757. The Morgan fingerprint density at radius 2 is 2.19 bits per heavy atom. The van der Waals surface area contributed by atoms with Crippen molar-refractivity contribution in [2.24, 2.45) is 4.99 Å².